The molecule has 0 aromatic heterocycles. The fourth-order valence-electron chi connectivity index (χ4n) is 5.07. The van der Waals surface area contributed by atoms with E-state index in [1.54, 1.807) is 0 Å². The summed E-state index contributed by atoms with van der Waals surface area (Å²) in [6, 6.07) is 10.3. The summed E-state index contributed by atoms with van der Waals surface area (Å²) in [5, 5.41) is 0. The van der Waals surface area contributed by atoms with Crippen molar-refractivity contribution in [2.24, 2.45) is 5.92 Å². The summed E-state index contributed by atoms with van der Waals surface area (Å²) >= 11 is 0. The van der Waals surface area contributed by atoms with Gasteiger partial charge in [-0.05, 0) is 60.0 Å². The zero-order valence-electron chi connectivity index (χ0n) is 23.7. The zero-order chi connectivity index (χ0) is 32.3. The first-order valence-corrected chi connectivity index (χ1v) is 13.9. The Morgan fingerprint density at radius 3 is 1.96 bits per heavy atom. The fraction of sp³-hybridized carbons (Fsp3) is 0.273. The number of ether oxygens (including phenoxy) is 4. The summed E-state index contributed by atoms with van der Waals surface area (Å²) in [6.45, 7) is 1.61. The Labute approximate surface area is 253 Å². The molecule has 0 aliphatic carbocycles. The van der Waals surface area contributed by atoms with E-state index >= 15 is 13.2 Å². The lowest BCUT2D eigenvalue weighted by Gasteiger charge is -2.29. The molecule has 45 heavy (non-hydrogen) atoms. The van der Waals surface area contributed by atoms with Gasteiger partial charge in [-0.25, -0.2) is 26.3 Å². The Kier molecular flexibility index (Phi) is 9.64. The smallest absolute Gasteiger partial charge is 0.432 e. The molecule has 0 unspecified atom stereocenters. The maximum atomic E-state index is 15.0. The molecule has 4 aromatic rings. The van der Waals surface area contributed by atoms with E-state index in [0.29, 0.717) is 37.0 Å². The second-order valence-electron chi connectivity index (χ2n) is 10.4. The number of rotatable bonds is 10. The van der Waals surface area contributed by atoms with Crippen molar-refractivity contribution in [2.45, 2.75) is 32.2 Å². The van der Waals surface area contributed by atoms with Crippen LogP contribution >= 0.6 is 0 Å². The molecule has 1 saturated heterocycles. The summed E-state index contributed by atoms with van der Waals surface area (Å²) in [5.74, 6) is -7.46. The highest BCUT2D eigenvalue weighted by Gasteiger charge is 2.41. The first-order chi connectivity index (χ1) is 21.5. The summed E-state index contributed by atoms with van der Waals surface area (Å²) in [4.78, 5) is 0. The van der Waals surface area contributed by atoms with Gasteiger partial charge in [-0.1, -0.05) is 31.5 Å². The van der Waals surface area contributed by atoms with Crippen LogP contribution in [0, 0.1) is 35.0 Å². The molecule has 5 rings (SSSR count). The van der Waals surface area contributed by atoms with Crippen molar-refractivity contribution in [2.75, 3.05) is 20.1 Å². The Hall–Kier alpha value is -4.16. The highest BCUT2D eigenvalue weighted by atomic mass is 19.3. The van der Waals surface area contributed by atoms with Crippen LogP contribution in [0.2, 0.25) is 0 Å². The SMILES string of the molecule is CCCC1COC(c2ccc(-c3cc(F)c(C(F)(F)Oc4ccc(-c5ccc(OCF)c(F)c5)c(F)c4)c(F)c3)c(F)c2)OC1. The Morgan fingerprint density at radius 2 is 1.36 bits per heavy atom. The molecule has 1 aliphatic heterocycles. The van der Waals surface area contributed by atoms with Gasteiger partial charge >= 0.3 is 6.11 Å². The second-order valence-corrected chi connectivity index (χ2v) is 10.4. The van der Waals surface area contributed by atoms with Crippen molar-refractivity contribution in [3.8, 4) is 33.8 Å². The molecule has 0 bridgehead atoms. The number of halogens is 8. The van der Waals surface area contributed by atoms with E-state index in [1.165, 1.54) is 18.2 Å². The van der Waals surface area contributed by atoms with Crippen LogP contribution in [0.15, 0.2) is 66.7 Å². The van der Waals surface area contributed by atoms with Gasteiger partial charge in [0.05, 0.1) is 13.2 Å². The van der Waals surface area contributed by atoms with Crippen molar-refractivity contribution in [3.05, 3.63) is 107 Å². The zero-order valence-corrected chi connectivity index (χ0v) is 23.7. The molecule has 0 atom stereocenters. The van der Waals surface area contributed by atoms with Crippen LogP contribution in [0.25, 0.3) is 22.3 Å². The summed E-state index contributed by atoms with van der Waals surface area (Å²) in [6.07, 6.45) is -3.57. The minimum absolute atomic E-state index is 0.0260. The van der Waals surface area contributed by atoms with E-state index in [9.17, 15) is 22.0 Å². The van der Waals surface area contributed by atoms with Gasteiger partial charge in [-0.15, -0.1) is 0 Å². The van der Waals surface area contributed by atoms with Gasteiger partial charge in [-0.2, -0.15) is 8.78 Å². The third-order valence-electron chi connectivity index (χ3n) is 7.21. The molecule has 0 radical (unpaired) electrons. The van der Waals surface area contributed by atoms with E-state index in [4.69, 9.17) is 9.47 Å². The molecule has 1 fully saturated rings. The molecule has 0 amide bonds. The van der Waals surface area contributed by atoms with Crippen LogP contribution in [0.4, 0.5) is 35.1 Å². The largest absolute Gasteiger partial charge is 0.460 e. The average molecular weight is 639 g/mol. The van der Waals surface area contributed by atoms with E-state index in [0.717, 1.165) is 43.2 Å². The van der Waals surface area contributed by atoms with Crippen molar-refractivity contribution in [3.63, 3.8) is 0 Å². The van der Waals surface area contributed by atoms with Crippen molar-refractivity contribution in [1.29, 1.82) is 0 Å². The highest BCUT2D eigenvalue weighted by Crippen LogP contribution is 2.39. The van der Waals surface area contributed by atoms with Gasteiger partial charge in [0.2, 0.25) is 6.86 Å². The molecular formula is C33H26F8O4. The molecule has 0 saturated carbocycles. The topological polar surface area (TPSA) is 36.9 Å². The normalized spacial score (nSPS) is 16.9. The molecule has 0 N–H and O–H groups in total. The van der Waals surface area contributed by atoms with Crippen LogP contribution in [0.3, 0.4) is 0 Å². The molecule has 0 spiro atoms. The number of hydrogen-bond acceptors (Lipinski definition) is 4. The van der Waals surface area contributed by atoms with E-state index in [1.807, 2.05) is 6.92 Å². The second kappa shape index (κ2) is 13.5. The molecule has 12 heteroatoms. The maximum Gasteiger partial charge on any atom is 0.432 e. The van der Waals surface area contributed by atoms with Crippen LogP contribution < -0.4 is 9.47 Å². The Bertz CT molecular complexity index is 1650. The van der Waals surface area contributed by atoms with Crippen LogP contribution in [-0.2, 0) is 15.6 Å². The Balaban J connectivity index is 1.33. The van der Waals surface area contributed by atoms with E-state index < -0.39 is 65.4 Å². The summed E-state index contributed by atoms with van der Waals surface area (Å²) < 4.78 is 136. The lowest BCUT2D eigenvalue weighted by Crippen LogP contribution is -2.27. The average Bonchev–Trinajstić information content (AvgIpc) is 2.98. The first kappa shape index (κ1) is 32.2. The van der Waals surface area contributed by atoms with E-state index in [2.05, 4.69) is 9.47 Å². The predicted molar refractivity (Wildman–Crippen MR) is 148 cm³/mol. The number of benzene rings is 4. The maximum absolute atomic E-state index is 15.0. The number of alkyl halides is 3. The summed E-state index contributed by atoms with van der Waals surface area (Å²) in [5.41, 5.74) is -2.30. The summed E-state index contributed by atoms with van der Waals surface area (Å²) in [7, 11) is 0. The predicted octanol–water partition coefficient (Wildman–Crippen LogP) is 9.61. The van der Waals surface area contributed by atoms with Crippen molar-refractivity contribution >= 4 is 0 Å². The highest BCUT2D eigenvalue weighted by molar-refractivity contribution is 5.67. The van der Waals surface area contributed by atoms with Crippen LogP contribution in [0.5, 0.6) is 11.5 Å². The standard InChI is InChI=1S/C33H26F8O4/c1-2-3-18-15-42-32(43-16-18)20-4-7-24(25(35)11-20)21-12-28(38)31(29(39)13-21)33(40,41)45-22-6-8-23(26(36)14-22)19-5-9-30(44-17-34)27(37)10-19/h4-14,18,32H,2-3,15-17H2,1H3. The van der Waals surface area contributed by atoms with Crippen molar-refractivity contribution < 1.29 is 54.1 Å². The van der Waals surface area contributed by atoms with Gasteiger partial charge in [-0.3, -0.25) is 0 Å². The van der Waals surface area contributed by atoms with Gasteiger partial charge in [0, 0.05) is 28.7 Å². The number of hydrogen-bond donors (Lipinski definition) is 0. The minimum Gasteiger partial charge on any atom is -0.460 e. The van der Waals surface area contributed by atoms with E-state index in [-0.39, 0.29) is 28.2 Å². The van der Waals surface area contributed by atoms with Gasteiger partial charge in [0.1, 0.15) is 34.6 Å². The Morgan fingerprint density at radius 1 is 0.733 bits per heavy atom. The molecule has 4 nitrogen and oxygen atoms in total. The van der Waals surface area contributed by atoms with Gasteiger partial charge < -0.3 is 18.9 Å². The van der Waals surface area contributed by atoms with Crippen LogP contribution in [0.1, 0.15) is 37.2 Å². The molecule has 1 heterocycles. The third-order valence-corrected chi connectivity index (χ3v) is 7.21. The van der Waals surface area contributed by atoms with Gasteiger partial charge in [0.15, 0.2) is 17.9 Å². The third kappa shape index (κ3) is 7.07. The molecule has 4 aromatic carbocycles. The first-order valence-electron chi connectivity index (χ1n) is 13.9. The molecule has 1 aliphatic rings. The van der Waals surface area contributed by atoms with Gasteiger partial charge in [0.25, 0.3) is 0 Å². The lowest BCUT2D eigenvalue weighted by molar-refractivity contribution is -0.206. The monoisotopic (exact) mass is 638 g/mol. The molecule has 238 valence electrons. The van der Waals surface area contributed by atoms with Crippen LogP contribution in [-0.4, -0.2) is 20.1 Å². The lowest BCUT2D eigenvalue weighted by atomic mass is 10.00. The van der Waals surface area contributed by atoms with Crippen molar-refractivity contribution in [1.82, 2.24) is 0 Å². The minimum atomic E-state index is -4.62. The molecular weight excluding hydrogens is 612 g/mol. The quantitative estimate of drug-likeness (QED) is 0.162. The fourth-order valence-corrected chi connectivity index (χ4v) is 5.07.